The lowest BCUT2D eigenvalue weighted by molar-refractivity contribution is -0.140. The second kappa shape index (κ2) is 15.3. The van der Waals surface area contributed by atoms with Gasteiger partial charge in [-0.1, -0.05) is 79.2 Å². The molecule has 1 unspecified atom stereocenters. The van der Waals surface area contributed by atoms with Crippen LogP contribution in [0.3, 0.4) is 0 Å². The first kappa shape index (κ1) is 33.2. The number of carbonyl (C=O) groups is 2. The maximum Gasteiger partial charge on any atom is 0.264 e. The molecule has 4 aromatic carbocycles. The highest BCUT2D eigenvalue weighted by molar-refractivity contribution is 7.92. The Morgan fingerprint density at radius 2 is 1.51 bits per heavy atom. The lowest BCUT2D eigenvalue weighted by Gasteiger charge is -2.34. The van der Waals surface area contributed by atoms with E-state index in [1.165, 1.54) is 36.3 Å². The number of sulfonamides is 1. The minimum atomic E-state index is -4.27. The van der Waals surface area contributed by atoms with Crippen molar-refractivity contribution in [2.24, 2.45) is 0 Å². The summed E-state index contributed by atoms with van der Waals surface area (Å²) in [6.07, 6.45) is 0.870. The SMILES string of the molecule is CCCNC(=O)C(Cc1ccccc1)N(Cc1ccc(F)cc1)C(=O)CN(c1ccccc1OC)S(=O)(=O)c1ccc(C)cc1. The third-order valence-corrected chi connectivity index (χ3v) is 9.10. The van der Waals surface area contributed by atoms with Crippen molar-refractivity contribution < 1.29 is 27.1 Å². The molecule has 0 spiro atoms. The Kier molecular flexibility index (Phi) is 11.3. The van der Waals surface area contributed by atoms with Gasteiger partial charge in [-0.15, -0.1) is 0 Å². The van der Waals surface area contributed by atoms with Crippen molar-refractivity contribution in [3.8, 4) is 5.75 Å². The number of anilines is 1. The van der Waals surface area contributed by atoms with Gasteiger partial charge in [0.25, 0.3) is 10.0 Å². The average molecular weight is 632 g/mol. The van der Waals surface area contributed by atoms with Crippen LogP contribution >= 0.6 is 0 Å². The molecule has 0 aliphatic heterocycles. The number of benzene rings is 4. The Balaban J connectivity index is 1.82. The minimum absolute atomic E-state index is 0.00147. The third-order valence-electron chi connectivity index (χ3n) is 7.33. The van der Waals surface area contributed by atoms with Gasteiger partial charge in [-0.25, -0.2) is 12.8 Å². The third kappa shape index (κ3) is 8.48. The van der Waals surface area contributed by atoms with Crippen molar-refractivity contribution in [3.05, 3.63) is 126 Å². The monoisotopic (exact) mass is 631 g/mol. The van der Waals surface area contributed by atoms with Crippen LogP contribution in [0.15, 0.2) is 108 Å². The lowest BCUT2D eigenvalue weighted by Crippen LogP contribution is -2.53. The highest BCUT2D eigenvalue weighted by Crippen LogP contribution is 2.32. The Morgan fingerprint density at radius 1 is 0.867 bits per heavy atom. The van der Waals surface area contributed by atoms with E-state index >= 15 is 0 Å². The van der Waals surface area contributed by atoms with Crippen molar-refractivity contribution in [1.82, 2.24) is 10.2 Å². The van der Waals surface area contributed by atoms with Gasteiger partial charge in [0.1, 0.15) is 24.2 Å². The number of para-hydroxylation sites is 2. The highest BCUT2D eigenvalue weighted by atomic mass is 32.2. The zero-order valence-corrected chi connectivity index (χ0v) is 26.5. The molecule has 0 saturated carbocycles. The fraction of sp³-hybridized carbons (Fsp3) is 0.257. The van der Waals surface area contributed by atoms with E-state index < -0.39 is 34.3 Å². The Morgan fingerprint density at radius 3 is 2.16 bits per heavy atom. The summed E-state index contributed by atoms with van der Waals surface area (Å²) in [4.78, 5) is 29.5. The second-order valence-corrected chi connectivity index (χ2v) is 12.5. The van der Waals surface area contributed by atoms with Crippen molar-refractivity contribution >= 4 is 27.5 Å². The summed E-state index contributed by atoms with van der Waals surface area (Å²) in [6.45, 7) is 3.50. The number of ether oxygens (including phenoxy) is 1. The predicted octanol–water partition coefficient (Wildman–Crippen LogP) is 5.50. The minimum Gasteiger partial charge on any atom is -0.495 e. The van der Waals surface area contributed by atoms with Crippen LogP contribution in [0.5, 0.6) is 5.75 Å². The van der Waals surface area contributed by atoms with Gasteiger partial charge in [0.15, 0.2) is 0 Å². The number of nitrogens with zero attached hydrogens (tertiary/aromatic N) is 2. The molecule has 0 aromatic heterocycles. The Bertz CT molecular complexity index is 1680. The van der Waals surface area contributed by atoms with Crippen LogP contribution in [0.1, 0.15) is 30.0 Å². The van der Waals surface area contributed by atoms with E-state index in [4.69, 9.17) is 4.74 Å². The molecule has 2 amide bonds. The molecule has 1 N–H and O–H groups in total. The van der Waals surface area contributed by atoms with Crippen molar-refractivity contribution in [1.29, 1.82) is 0 Å². The molecule has 4 rings (SSSR count). The summed E-state index contributed by atoms with van der Waals surface area (Å²) in [7, 11) is -2.85. The number of hydrogen-bond donors (Lipinski definition) is 1. The fourth-order valence-electron chi connectivity index (χ4n) is 4.89. The molecule has 45 heavy (non-hydrogen) atoms. The maximum atomic E-state index is 14.5. The first-order valence-corrected chi connectivity index (χ1v) is 16.2. The van der Waals surface area contributed by atoms with Gasteiger partial charge in [0.05, 0.1) is 17.7 Å². The molecular formula is C35H38FN3O5S. The van der Waals surface area contributed by atoms with Gasteiger partial charge in [-0.3, -0.25) is 13.9 Å². The van der Waals surface area contributed by atoms with E-state index in [-0.39, 0.29) is 35.2 Å². The van der Waals surface area contributed by atoms with E-state index in [1.807, 2.05) is 44.2 Å². The van der Waals surface area contributed by atoms with Gasteiger partial charge < -0.3 is 15.0 Å². The van der Waals surface area contributed by atoms with Gasteiger partial charge in [0, 0.05) is 19.5 Å². The molecular weight excluding hydrogens is 593 g/mol. The van der Waals surface area contributed by atoms with Crippen LogP contribution < -0.4 is 14.4 Å². The summed E-state index contributed by atoms with van der Waals surface area (Å²) in [5.74, 6) is -1.17. The van der Waals surface area contributed by atoms with E-state index in [2.05, 4.69) is 5.32 Å². The molecule has 1 atom stereocenters. The molecule has 0 aliphatic rings. The average Bonchev–Trinajstić information content (AvgIpc) is 3.05. The molecule has 0 fully saturated rings. The topological polar surface area (TPSA) is 96.0 Å². The molecule has 236 valence electrons. The van der Waals surface area contributed by atoms with Crippen molar-refractivity contribution in [2.75, 3.05) is 24.5 Å². The number of hydrogen-bond acceptors (Lipinski definition) is 5. The fourth-order valence-corrected chi connectivity index (χ4v) is 6.32. The van der Waals surface area contributed by atoms with E-state index in [0.29, 0.717) is 18.5 Å². The van der Waals surface area contributed by atoms with Crippen molar-refractivity contribution in [2.45, 2.75) is 44.2 Å². The number of halogens is 1. The second-order valence-electron chi connectivity index (χ2n) is 10.6. The quantitative estimate of drug-likeness (QED) is 0.198. The zero-order valence-electron chi connectivity index (χ0n) is 25.6. The molecule has 0 saturated heterocycles. The van der Waals surface area contributed by atoms with Crippen molar-refractivity contribution in [3.63, 3.8) is 0 Å². The number of carbonyl (C=O) groups excluding carboxylic acids is 2. The smallest absolute Gasteiger partial charge is 0.264 e. The molecule has 10 heteroatoms. The number of nitrogens with one attached hydrogen (secondary N) is 1. The summed E-state index contributed by atoms with van der Waals surface area (Å²) in [5.41, 5.74) is 2.45. The predicted molar refractivity (Wildman–Crippen MR) is 173 cm³/mol. The molecule has 0 heterocycles. The van der Waals surface area contributed by atoms with Crippen LogP contribution in [0, 0.1) is 12.7 Å². The highest BCUT2D eigenvalue weighted by Gasteiger charge is 2.35. The number of aryl methyl sites for hydroxylation is 1. The van der Waals surface area contributed by atoms with E-state index in [1.54, 1.807) is 48.5 Å². The zero-order chi connectivity index (χ0) is 32.4. The summed E-state index contributed by atoms with van der Waals surface area (Å²) >= 11 is 0. The van der Waals surface area contributed by atoms with Crippen LogP contribution in [-0.4, -0.2) is 51.4 Å². The number of rotatable bonds is 14. The molecule has 0 bridgehead atoms. The van der Waals surface area contributed by atoms with E-state index in [0.717, 1.165) is 15.4 Å². The van der Waals surface area contributed by atoms with Gasteiger partial charge in [-0.05, 0) is 60.9 Å². The number of amides is 2. The largest absolute Gasteiger partial charge is 0.495 e. The van der Waals surface area contributed by atoms with Crippen LogP contribution in [0.25, 0.3) is 0 Å². The van der Waals surface area contributed by atoms with Crippen LogP contribution in [0.4, 0.5) is 10.1 Å². The van der Waals surface area contributed by atoms with E-state index in [9.17, 15) is 22.4 Å². The van der Waals surface area contributed by atoms with Crippen LogP contribution in [-0.2, 0) is 32.6 Å². The van der Waals surface area contributed by atoms with Gasteiger partial charge in [0.2, 0.25) is 11.8 Å². The van der Waals surface area contributed by atoms with Crippen LogP contribution in [0.2, 0.25) is 0 Å². The summed E-state index contributed by atoms with van der Waals surface area (Å²) < 4.78 is 48.7. The Hall–Kier alpha value is -4.70. The summed E-state index contributed by atoms with van der Waals surface area (Å²) in [5, 5.41) is 2.90. The molecule has 8 nitrogen and oxygen atoms in total. The first-order chi connectivity index (χ1) is 21.6. The molecule has 4 aromatic rings. The molecule has 0 radical (unpaired) electrons. The summed E-state index contributed by atoms with van der Waals surface area (Å²) in [6, 6.07) is 26.8. The molecule has 0 aliphatic carbocycles. The first-order valence-electron chi connectivity index (χ1n) is 14.7. The standard InChI is InChI=1S/C35H38FN3O5S/c1-4-22-37-35(41)32(23-27-10-6-5-7-11-27)38(24-28-16-18-29(36)19-17-28)34(40)25-39(31-12-8-9-13-33(31)44-3)45(42,43)30-20-14-26(2)15-21-30/h5-21,32H,4,22-25H2,1-3H3,(H,37,41). The lowest BCUT2D eigenvalue weighted by atomic mass is 10.0. The normalized spacial score (nSPS) is 11.8. The number of methoxy groups -OCH3 is 1. The van der Waals surface area contributed by atoms with Gasteiger partial charge >= 0.3 is 0 Å². The van der Waals surface area contributed by atoms with Gasteiger partial charge in [-0.2, -0.15) is 0 Å². The Labute approximate surface area is 264 Å². The maximum absolute atomic E-state index is 14.5.